The first-order valence-electron chi connectivity index (χ1n) is 9.30. The topological polar surface area (TPSA) is 64.0 Å². The quantitative estimate of drug-likeness (QED) is 0.562. The van der Waals surface area contributed by atoms with Gasteiger partial charge in [0.25, 0.3) is 5.56 Å². The second-order valence-electron chi connectivity index (χ2n) is 7.04. The van der Waals surface area contributed by atoms with Crippen LogP contribution in [0.1, 0.15) is 51.0 Å². The fraction of sp³-hybridized carbons (Fsp3) is 0.526. The zero-order valence-electron chi connectivity index (χ0n) is 14.6. The van der Waals surface area contributed by atoms with Crippen LogP contribution in [0.2, 0.25) is 0 Å². The molecule has 0 unspecified atom stereocenters. The summed E-state index contributed by atoms with van der Waals surface area (Å²) in [5.74, 6) is 1.28. The Morgan fingerprint density at radius 2 is 2.15 bits per heavy atom. The second-order valence-corrected chi connectivity index (χ2v) is 9.83. The summed E-state index contributed by atoms with van der Waals surface area (Å²) in [5.41, 5.74) is 1.34. The smallest absolute Gasteiger partial charge is 0.261 e. The van der Waals surface area contributed by atoms with E-state index in [0.29, 0.717) is 29.1 Å². The summed E-state index contributed by atoms with van der Waals surface area (Å²) in [5, 5.41) is 4.27. The molecule has 5 nitrogen and oxygen atoms in total. The average Bonchev–Trinajstić information content (AvgIpc) is 3.35. The first kappa shape index (κ1) is 17.9. The molecule has 0 bridgehead atoms. The van der Waals surface area contributed by atoms with E-state index >= 15 is 0 Å². The highest BCUT2D eigenvalue weighted by Crippen LogP contribution is 2.39. The van der Waals surface area contributed by atoms with Crippen molar-refractivity contribution in [3.63, 3.8) is 0 Å². The predicted molar refractivity (Wildman–Crippen MR) is 110 cm³/mol. The van der Waals surface area contributed by atoms with Gasteiger partial charge in [-0.2, -0.15) is 0 Å². The van der Waals surface area contributed by atoms with Crippen LogP contribution < -0.4 is 10.9 Å². The maximum Gasteiger partial charge on any atom is 0.261 e. The van der Waals surface area contributed by atoms with Gasteiger partial charge in [-0.25, -0.2) is 4.98 Å². The molecule has 1 atom stereocenters. The lowest BCUT2D eigenvalue weighted by molar-refractivity contribution is -0.116. The standard InChI is InChI=1S/C19H23N3O2S2/c23-18(4-2-1-3-15-9-10-25-26-15)21-13-5-8-17-16(11-13)19(24)22(12-20-17)14-6-7-14/h5,8,11-12,14-15H,1-4,6-7,9-10H2,(H,21,23)/t15-/m1/s1. The number of nitrogens with one attached hydrogen (secondary N) is 1. The molecule has 138 valence electrons. The van der Waals surface area contributed by atoms with Gasteiger partial charge in [-0.1, -0.05) is 28.0 Å². The van der Waals surface area contributed by atoms with Crippen molar-refractivity contribution in [1.29, 1.82) is 0 Å². The first-order valence-corrected chi connectivity index (χ1v) is 11.7. The predicted octanol–water partition coefficient (Wildman–Crippen LogP) is 4.38. The van der Waals surface area contributed by atoms with E-state index in [0.717, 1.165) is 30.9 Å². The van der Waals surface area contributed by atoms with Crippen LogP contribution in [0.15, 0.2) is 29.3 Å². The SMILES string of the molecule is O=C(CCCC[C@@H]1CCSS1)Nc1ccc2ncn(C3CC3)c(=O)c2c1. The van der Waals surface area contributed by atoms with Crippen molar-refractivity contribution in [2.24, 2.45) is 0 Å². The number of hydrogen-bond acceptors (Lipinski definition) is 5. The van der Waals surface area contributed by atoms with Crippen LogP contribution in [-0.4, -0.2) is 26.5 Å². The van der Waals surface area contributed by atoms with Gasteiger partial charge in [0.1, 0.15) is 0 Å². The Morgan fingerprint density at radius 3 is 2.92 bits per heavy atom. The van der Waals surface area contributed by atoms with Gasteiger partial charge in [-0.05, 0) is 50.3 Å². The van der Waals surface area contributed by atoms with E-state index in [1.165, 1.54) is 18.6 Å². The molecular formula is C19H23N3O2S2. The number of nitrogens with zero attached hydrogens (tertiary/aromatic N) is 2. The monoisotopic (exact) mass is 389 g/mol. The third-order valence-corrected chi connectivity index (χ3v) is 7.92. The minimum absolute atomic E-state index is 0.0134. The van der Waals surface area contributed by atoms with Crippen molar-refractivity contribution in [2.75, 3.05) is 11.1 Å². The summed E-state index contributed by atoms with van der Waals surface area (Å²) < 4.78 is 1.72. The van der Waals surface area contributed by atoms with Crippen LogP contribution >= 0.6 is 21.6 Å². The third-order valence-electron chi connectivity index (χ3n) is 4.91. The van der Waals surface area contributed by atoms with E-state index in [4.69, 9.17) is 0 Å². The fourth-order valence-electron chi connectivity index (χ4n) is 3.27. The van der Waals surface area contributed by atoms with Crippen LogP contribution in [0, 0.1) is 0 Å². The van der Waals surface area contributed by atoms with Crippen LogP contribution in [0.3, 0.4) is 0 Å². The summed E-state index contributed by atoms with van der Waals surface area (Å²) >= 11 is 0. The molecule has 1 aliphatic carbocycles. The molecule has 0 radical (unpaired) electrons. The van der Waals surface area contributed by atoms with Crippen molar-refractivity contribution in [3.05, 3.63) is 34.9 Å². The Kier molecular flexibility index (Phi) is 5.55. The number of amides is 1. The zero-order valence-corrected chi connectivity index (χ0v) is 16.3. The molecule has 2 fully saturated rings. The summed E-state index contributed by atoms with van der Waals surface area (Å²) in [6, 6.07) is 5.68. The summed E-state index contributed by atoms with van der Waals surface area (Å²) in [7, 11) is 3.95. The Morgan fingerprint density at radius 1 is 1.27 bits per heavy atom. The Bertz CT molecular complexity index is 857. The van der Waals surface area contributed by atoms with Gasteiger partial charge in [-0.3, -0.25) is 14.2 Å². The number of unbranched alkanes of at least 4 members (excludes halogenated alkanes) is 1. The molecule has 7 heteroatoms. The molecule has 1 saturated heterocycles. The fourth-order valence-corrected chi connectivity index (χ4v) is 6.30. The molecule has 0 spiro atoms. The number of carbonyl (C=O) groups excluding carboxylic acids is 1. The molecule has 2 aliphatic rings. The van der Waals surface area contributed by atoms with Crippen molar-refractivity contribution in [3.8, 4) is 0 Å². The van der Waals surface area contributed by atoms with Crippen LogP contribution in [0.25, 0.3) is 10.9 Å². The number of anilines is 1. The van der Waals surface area contributed by atoms with E-state index in [2.05, 4.69) is 10.3 Å². The van der Waals surface area contributed by atoms with Crippen molar-refractivity contribution in [2.45, 2.75) is 56.2 Å². The van der Waals surface area contributed by atoms with Crippen molar-refractivity contribution in [1.82, 2.24) is 9.55 Å². The van der Waals surface area contributed by atoms with Gasteiger partial charge >= 0.3 is 0 Å². The molecular weight excluding hydrogens is 366 g/mol. The Labute approximate surface area is 160 Å². The van der Waals surface area contributed by atoms with Gasteiger partial charge in [0.05, 0.1) is 17.2 Å². The van der Waals surface area contributed by atoms with Crippen LogP contribution in [0.5, 0.6) is 0 Å². The molecule has 1 aromatic heterocycles. The maximum atomic E-state index is 12.6. The number of benzene rings is 1. The third kappa shape index (κ3) is 4.26. The largest absolute Gasteiger partial charge is 0.326 e. The molecule has 2 heterocycles. The highest BCUT2D eigenvalue weighted by Gasteiger charge is 2.25. The molecule has 1 N–H and O–H groups in total. The molecule has 1 amide bonds. The summed E-state index contributed by atoms with van der Waals surface area (Å²) in [4.78, 5) is 29.2. The van der Waals surface area contributed by atoms with Gasteiger partial charge in [-0.15, -0.1) is 0 Å². The van der Waals surface area contributed by atoms with Crippen LogP contribution in [0.4, 0.5) is 5.69 Å². The number of carbonyl (C=O) groups is 1. The van der Waals surface area contributed by atoms with E-state index < -0.39 is 0 Å². The lowest BCUT2D eigenvalue weighted by Crippen LogP contribution is -2.20. The highest BCUT2D eigenvalue weighted by atomic mass is 33.1. The molecule has 1 aliphatic heterocycles. The number of rotatable bonds is 7. The second kappa shape index (κ2) is 8.05. The van der Waals surface area contributed by atoms with E-state index in [1.54, 1.807) is 23.0 Å². The molecule has 1 aromatic carbocycles. The van der Waals surface area contributed by atoms with E-state index in [-0.39, 0.29) is 11.5 Å². The van der Waals surface area contributed by atoms with E-state index in [9.17, 15) is 9.59 Å². The number of fused-ring (bicyclic) bond motifs is 1. The minimum atomic E-state index is -0.0134. The molecule has 4 rings (SSSR count). The number of aromatic nitrogens is 2. The lowest BCUT2D eigenvalue weighted by atomic mass is 10.1. The Hall–Kier alpha value is -1.47. The van der Waals surface area contributed by atoms with Gasteiger partial charge in [0.2, 0.25) is 5.91 Å². The highest BCUT2D eigenvalue weighted by molar-refractivity contribution is 8.77. The maximum absolute atomic E-state index is 12.6. The van der Waals surface area contributed by atoms with Gasteiger partial charge in [0.15, 0.2) is 0 Å². The lowest BCUT2D eigenvalue weighted by Gasteiger charge is -2.09. The number of hydrogen-bond donors (Lipinski definition) is 1. The van der Waals surface area contributed by atoms with Gasteiger partial charge < -0.3 is 5.32 Å². The van der Waals surface area contributed by atoms with E-state index in [1.807, 2.05) is 27.7 Å². The molecule has 26 heavy (non-hydrogen) atoms. The average molecular weight is 390 g/mol. The minimum Gasteiger partial charge on any atom is -0.326 e. The van der Waals surface area contributed by atoms with Crippen molar-refractivity contribution < 1.29 is 4.79 Å². The van der Waals surface area contributed by atoms with Crippen LogP contribution in [-0.2, 0) is 4.79 Å². The molecule has 2 aromatic rings. The van der Waals surface area contributed by atoms with Crippen molar-refractivity contribution >= 4 is 44.1 Å². The summed E-state index contributed by atoms with van der Waals surface area (Å²) in [6.45, 7) is 0. The van der Waals surface area contributed by atoms with Gasteiger partial charge in [0, 0.05) is 29.2 Å². The first-order chi connectivity index (χ1) is 12.7. The molecule has 1 saturated carbocycles. The summed E-state index contributed by atoms with van der Waals surface area (Å²) in [6.07, 6.45) is 8.77. The zero-order chi connectivity index (χ0) is 17.9. The Balaban J connectivity index is 1.34. The normalized spacial score (nSPS) is 19.8.